The van der Waals surface area contributed by atoms with E-state index in [1.807, 2.05) is 16.8 Å². The van der Waals surface area contributed by atoms with E-state index in [9.17, 15) is 12.8 Å². The maximum Gasteiger partial charge on any atom is 0.263 e. The van der Waals surface area contributed by atoms with Crippen molar-refractivity contribution in [2.75, 3.05) is 7.05 Å². The van der Waals surface area contributed by atoms with Gasteiger partial charge in [0.25, 0.3) is 10.0 Å². The molecule has 0 aromatic carbocycles. The lowest BCUT2D eigenvalue weighted by molar-refractivity contribution is 0.455. The van der Waals surface area contributed by atoms with Crippen molar-refractivity contribution >= 4 is 21.4 Å². The summed E-state index contributed by atoms with van der Waals surface area (Å²) in [6.45, 7) is 0.196. The Bertz CT molecular complexity index is 626. The van der Waals surface area contributed by atoms with Crippen molar-refractivity contribution in [1.29, 1.82) is 0 Å². The molecule has 2 aromatic rings. The number of halogens is 1. The number of rotatable bonds is 4. The lowest BCUT2D eigenvalue weighted by Crippen LogP contribution is -2.27. The van der Waals surface area contributed by atoms with Crippen molar-refractivity contribution in [3.63, 3.8) is 0 Å². The summed E-state index contributed by atoms with van der Waals surface area (Å²) in [4.78, 5) is 3.60. The molecule has 0 unspecified atom stereocenters. The van der Waals surface area contributed by atoms with Crippen molar-refractivity contribution in [2.24, 2.45) is 0 Å². The van der Waals surface area contributed by atoms with E-state index in [1.54, 1.807) is 0 Å². The number of thiophene rings is 1. The summed E-state index contributed by atoms with van der Waals surface area (Å²) in [6, 6.07) is 4.26. The largest absolute Gasteiger partial charge is 0.263 e. The van der Waals surface area contributed by atoms with Crippen LogP contribution < -0.4 is 0 Å². The standard InChI is InChI=1S/C11H11FN2O2S2/c1-14(7-9-4-6-17-8-9)18(15,16)11-10(12)3-2-5-13-11/h2-6,8H,7H2,1H3. The van der Waals surface area contributed by atoms with Crippen LogP contribution >= 0.6 is 11.3 Å². The van der Waals surface area contributed by atoms with Crippen LogP contribution in [-0.4, -0.2) is 24.8 Å². The normalized spacial score (nSPS) is 11.9. The molecule has 0 radical (unpaired) electrons. The Hall–Kier alpha value is -1.31. The van der Waals surface area contributed by atoms with Crippen LogP contribution in [0.1, 0.15) is 5.56 Å². The number of pyridine rings is 1. The summed E-state index contributed by atoms with van der Waals surface area (Å²) in [5, 5.41) is 3.17. The van der Waals surface area contributed by atoms with Crippen LogP contribution in [0.4, 0.5) is 4.39 Å². The minimum atomic E-state index is -3.89. The minimum absolute atomic E-state index is 0.196. The van der Waals surface area contributed by atoms with Gasteiger partial charge in [-0.25, -0.2) is 17.8 Å². The third kappa shape index (κ3) is 2.58. The molecule has 0 aliphatic carbocycles. The Kier molecular flexibility index (Phi) is 3.74. The molecule has 96 valence electrons. The summed E-state index contributed by atoms with van der Waals surface area (Å²) in [6.07, 6.45) is 1.26. The van der Waals surface area contributed by atoms with Crippen molar-refractivity contribution in [2.45, 2.75) is 11.6 Å². The molecule has 0 bridgehead atoms. The molecule has 2 rings (SSSR count). The third-order valence-corrected chi connectivity index (χ3v) is 4.84. The summed E-state index contributed by atoms with van der Waals surface area (Å²) in [7, 11) is -2.49. The first-order valence-electron chi connectivity index (χ1n) is 5.10. The van der Waals surface area contributed by atoms with Crippen molar-refractivity contribution < 1.29 is 12.8 Å². The molecule has 0 saturated heterocycles. The lowest BCUT2D eigenvalue weighted by atomic mass is 10.3. The second-order valence-corrected chi connectivity index (χ2v) is 6.42. The fraction of sp³-hybridized carbons (Fsp3) is 0.182. The maximum absolute atomic E-state index is 13.5. The number of sulfonamides is 1. The van der Waals surface area contributed by atoms with Gasteiger partial charge < -0.3 is 0 Å². The predicted octanol–water partition coefficient (Wildman–Crippen LogP) is 2.10. The highest BCUT2D eigenvalue weighted by Gasteiger charge is 2.25. The second kappa shape index (κ2) is 5.13. The van der Waals surface area contributed by atoms with E-state index in [4.69, 9.17) is 0 Å². The molecule has 0 amide bonds. The number of hydrogen-bond donors (Lipinski definition) is 0. The SMILES string of the molecule is CN(Cc1ccsc1)S(=O)(=O)c1ncccc1F. The van der Waals surface area contributed by atoms with E-state index in [0.717, 1.165) is 15.9 Å². The van der Waals surface area contributed by atoms with E-state index in [1.165, 1.54) is 30.6 Å². The fourth-order valence-corrected chi connectivity index (χ4v) is 3.22. The Morgan fingerprint density at radius 2 is 2.22 bits per heavy atom. The topological polar surface area (TPSA) is 50.3 Å². The van der Waals surface area contributed by atoms with Gasteiger partial charge in [0.1, 0.15) is 0 Å². The van der Waals surface area contributed by atoms with Gasteiger partial charge in [-0.1, -0.05) is 0 Å². The van der Waals surface area contributed by atoms with Crippen molar-refractivity contribution in [3.05, 3.63) is 46.5 Å². The Labute approximate surface area is 109 Å². The van der Waals surface area contributed by atoms with E-state index in [2.05, 4.69) is 4.98 Å². The summed E-state index contributed by atoms with van der Waals surface area (Å²) in [5.41, 5.74) is 0.863. The van der Waals surface area contributed by atoms with Crippen LogP contribution in [-0.2, 0) is 16.6 Å². The average Bonchev–Trinajstić information content (AvgIpc) is 2.82. The highest BCUT2D eigenvalue weighted by Crippen LogP contribution is 2.18. The first-order valence-corrected chi connectivity index (χ1v) is 7.48. The minimum Gasteiger partial charge on any atom is -0.241 e. The lowest BCUT2D eigenvalue weighted by Gasteiger charge is -2.15. The van der Waals surface area contributed by atoms with E-state index >= 15 is 0 Å². The van der Waals surface area contributed by atoms with E-state index in [0.29, 0.717) is 0 Å². The highest BCUT2D eigenvalue weighted by atomic mass is 32.2. The molecule has 0 N–H and O–H groups in total. The van der Waals surface area contributed by atoms with Gasteiger partial charge in [0, 0.05) is 19.8 Å². The summed E-state index contributed by atoms with van der Waals surface area (Å²) in [5.74, 6) is -0.838. The van der Waals surface area contributed by atoms with Gasteiger partial charge >= 0.3 is 0 Å². The van der Waals surface area contributed by atoms with E-state index in [-0.39, 0.29) is 6.54 Å². The Balaban J connectivity index is 2.29. The van der Waals surface area contributed by atoms with Gasteiger partial charge in [-0.05, 0) is 34.5 Å². The van der Waals surface area contributed by atoms with Gasteiger partial charge in [-0.15, -0.1) is 0 Å². The smallest absolute Gasteiger partial charge is 0.241 e. The van der Waals surface area contributed by atoms with Gasteiger partial charge in [-0.2, -0.15) is 15.6 Å². The average molecular weight is 286 g/mol. The molecule has 0 saturated carbocycles. The van der Waals surface area contributed by atoms with Crippen LogP contribution in [0, 0.1) is 5.82 Å². The van der Waals surface area contributed by atoms with Crippen LogP contribution in [0.2, 0.25) is 0 Å². The maximum atomic E-state index is 13.5. The summed E-state index contributed by atoms with van der Waals surface area (Å²) >= 11 is 1.48. The van der Waals surface area contributed by atoms with Gasteiger partial charge in [-0.3, -0.25) is 0 Å². The number of hydrogen-bond acceptors (Lipinski definition) is 4. The molecule has 0 aliphatic rings. The van der Waals surface area contributed by atoms with Crippen LogP contribution in [0.5, 0.6) is 0 Å². The highest BCUT2D eigenvalue weighted by molar-refractivity contribution is 7.89. The quantitative estimate of drug-likeness (QED) is 0.865. The van der Waals surface area contributed by atoms with Gasteiger partial charge in [0.15, 0.2) is 5.82 Å². The van der Waals surface area contributed by atoms with Gasteiger partial charge in [0.05, 0.1) is 0 Å². The molecule has 18 heavy (non-hydrogen) atoms. The monoisotopic (exact) mass is 286 g/mol. The zero-order valence-electron chi connectivity index (χ0n) is 9.58. The Morgan fingerprint density at radius 3 is 2.83 bits per heavy atom. The molecular formula is C11H11FN2O2S2. The molecule has 2 heterocycles. The molecular weight excluding hydrogens is 275 g/mol. The molecule has 0 atom stereocenters. The zero-order valence-corrected chi connectivity index (χ0v) is 11.2. The van der Waals surface area contributed by atoms with Gasteiger partial charge in [0.2, 0.25) is 5.03 Å². The third-order valence-electron chi connectivity index (χ3n) is 2.36. The molecule has 2 aromatic heterocycles. The number of nitrogens with zero attached hydrogens (tertiary/aromatic N) is 2. The van der Waals surface area contributed by atoms with Crippen molar-refractivity contribution in [3.8, 4) is 0 Å². The van der Waals surface area contributed by atoms with Crippen LogP contribution in [0.25, 0.3) is 0 Å². The van der Waals surface area contributed by atoms with Crippen LogP contribution in [0.3, 0.4) is 0 Å². The predicted molar refractivity (Wildman–Crippen MR) is 67.2 cm³/mol. The fourth-order valence-electron chi connectivity index (χ4n) is 1.43. The first-order chi connectivity index (χ1) is 8.51. The van der Waals surface area contributed by atoms with Crippen molar-refractivity contribution in [1.82, 2.24) is 9.29 Å². The number of aromatic nitrogens is 1. The summed E-state index contributed by atoms with van der Waals surface area (Å²) < 4.78 is 38.8. The van der Waals surface area contributed by atoms with E-state index < -0.39 is 20.9 Å². The molecule has 0 fully saturated rings. The molecule has 4 nitrogen and oxygen atoms in total. The molecule has 0 spiro atoms. The van der Waals surface area contributed by atoms with Crippen LogP contribution in [0.15, 0.2) is 40.2 Å². The molecule has 7 heteroatoms. The first kappa shape index (κ1) is 13.1. The second-order valence-electron chi connectivity index (χ2n) is 3.68. The Morgan fingerprint density at radius 1 is 1.44 bits per heavy atom. The molecule has 0 aliphatic heterocycles. The zero-order chi connectivity index (χ0) is 13.2.